The van der Waals surface area contributed by atoms with Gasteiger partial charge in [-0.1, -0.05) is 138 Å². The summed E-state index contributed by atoms with van der Waals surface area (Å²) in [6.07, 6.45) is 7.13. The van der Waals surface area contributed by atoms with E-state index >= 15 is 0 Å². The number of rotatable bonds is 9. The Labute approximate surface area is 245 Å². The number of hydrogen-bond acceptors (Lipinski definition) is 1. The zero-order valence-electron chi connectivity index (χ0n) is 26.6. The first-order valence-corrected chi connectivity index (χ1v) is 18.7. The van der Waals surface area contributed by atoms with Gasteiger partial charge in [-0.3, -0.25) is 4.98 Å². The molecule has 0 radical (unpaired) electrons. The van der Waals surface area contributed by atoms with Crippen molar-refractivity contribution in [2.45, 2.75) is 93.8 Å². The van der Waals surface area contributed by atoms with Gasteiger partial charge in [-0.2, -0.15) is 0 Å². The molecule has 40 heavy (non-hydrogen) atoms. The summed E-state index contributed by atoms with van der Waals surface area (Å²) in [6.45, 7) is 23.3. The summed E-state index contributed by atoms with van der Waals surface area (Å²) in [5.74, 6) is 0. The molecule has 0 amide bonds. The minimum Gasteiger partial charge on any atom is -0.256 e. The van der Waals surface area contributed by atoms with Gasteiger partial charge in [-0.25, -0.2) is 0 Å². The minimum absolute atomic E-state index is 0.173. The molecule has 0 spiro atoms. The highest BCUT2D eigenvalue weighted by atomic mass is 28.3. The summed E-state index contributed by atoms with van der Waals surface area (Å²) in [7, 11) is -1.48. The van der Waals surface area contributed by atoms with Crippen LogP contribution in [0.15, 0.2) is 60.8 Å². The summed E-state index contributed by atoms with van der Waals surface area (Å²) >= 11 is 0. The molecule has 208 valence electrons. The second kappa shape index (κ2) is 12.3. The van der Waals surface area contributed by atoms with Gasteiger partial charge in [0.25, 0.3) is 0 Å². The lowest BCUT2D eigenvalue weighted by Crippen LogP contribution is -2.55. The largest absolute Gasteiger partial charge is 0.256 e. The molecule has 0 aliphatic carbocycles. The summed E-state index contributed by atoms with van der Waals surface area (Å²) in [4.78, 5) is 5.08. The molecule has 1 heterocycles. The Balaban J connectivity index is 1.90. The SMILES string of the molecule is CCCCCc1cc(-c2cccc(B(c3c(C)cc(C)cc3C)c3c(C)cc(C)cc3C)c2)ncc1[Si](C)(C)C. The highest BCUT2D eigenvalue weighted by Gasteiger charge is 2.29. The molecule has 0 saturated carbocycles. The zero-order valence-corrected chi connectivity index (χ0v) is 27.6. The second-order valence-corrected chi connectivity index (χ2v) is 18.2. The molecule has 0 aliphatic heterocycles. The third-order valence-electron chi connectivity index (χ3n) is 8.42. The first kappa shape index (κ1) is 30.1. The van der Waals surface area contributed by atoms with Gasteiger partial charge in [0.05, 0.1) is 13.8 Å². The van der Waals surface area contributed by atoms with Gasteiger partial charge in [0.1, 0.15) is 0 Å². The molecular formula is C37H48BNSi. The molecule has 0 aliphatic rings. The zero-order chi connectivity index (χ0) is 29.2. The fraction of sp³-hybridized carbons (Fsp3) is 0.378. The van der Waals surface area contributed by atoms with Crippen LogP contribution < -0.4 is 21.6 Å². The molecule has 0 bridgehead atoms. The van der Waals surface area contributed by atoms with Crippen molar-refractivity contribution in [3.05, 3.63) is 99.7 Å². The lowest BCUT2D eigenvalue weighted by molar-refractivity contribution is 0.718. The summed E-state index contributed by atoms with van der Waals surface area (Å²) < 4.78 is 0. The molecule has 4 rings (SSSR count). The van der Waals surface area contributed by atoms with E-state index in [1.165, 1.54) is 85.3 Å². The van der Waals surface area contributed by atoms with Gasteiger partial charge in [-0.15, -0.1) is 0 Å². The van der Waals surface area contributed by atoms with E-state index in [-0.39, 0.29) is 6.71 Å². The van der Waals surface area contributed by atoms with Crippen molar-refractivity contribution in [2.75, 3.05) is 0 Å². The highest BCUT2D eigenvalue weighted by molar-refractivity contribution is 6.96. The minimum atomic E-state index is -1.48. The standard InChI is InChI=1S/C37H48BNSi/c1-11-12-13-15-32-23-34(39-24-35(32)40(8,9)10)31-16-14-17-33(22-31)38(36-27(4)18-25(2)19-28(36)5)37-29(6)20-26(3)21-30(37)7/h14,16-24H,11-13,15H2,1-10H3. The fourth-order valence-corrected chi connectivity index (χ4v) is 8.36. The first-order chi connectivity index (χ1) is 18.9. The van der Waals surface area contributed by atoms with Crippen LogP contribution in [0.4, 0.5) is 0 Å². The van der Waals surface area contributed by atoms with Crippen molar-refractivity contribution in [3.8, 4) is 11.3 Å². The van der Waals surface area contributed by atoms with Crippen LogP contribution >= 0.6 is 0 Å². The maximum absolute atomic E-state index is 5.08. The quantitative estimate of drug-likeness (QED) is 0.158. The van der Waals surface area contributed by atoms with Crippen molar-refractivity contribution in [1.29, 1.82) is 0 Å². The number of benzene rings is 3. The Hall–Kier alpha value is -2.91. The van der Waals surface area contributed by atoms with Crippen LogP contribution in [-0.2, 0) is 6.42 Å². The molecule has 0 saturated heterocycles. The number of unbranched alkanes of at least 4 members (excludes halogenated alkanes) is 2. The van der Waals surface area contributed by atoms with Gasteiger partial charge < -0.3 is 0 Å². The Kier molecular flexibility index (Phi) is 9.25. The molecular weight excluding hydrogens is 497 g/mol. The van der Waals surface area contributed by atoms with Crippen LogP contribution in [0.5, 0.6) is 0 Å². The predicted octanol–water partition coefficient (Wildman–Crippen LogP) is 7.39. The second-order valence-electron chi connectivity index (χ2n) is 13.1. The number of nitrogens with zero attached hydrogens (tertiary/aromatic N) is 1. The van der Waals surface area contributed by atoms with Crippen molar-refractivity contribution in [2.24, 2.45) is 0 Å². The Morgan fingerprint density at radius 2 is 1.25 bits per heavy atom. The number of pyridine rings is 1. The van der Waals surface area contributed by atoms with E-state index < -0.39 is 8.07 Å². The Bertz CT molecular complexity index is 1410. The Morgan fingerprint density at radius 3 is 1.75 bits per heavy atom. The first-order valence-electron chi connectivity index (χ1n) is 15.2. The van der Waals surface area contributed by atoms with Gasteiger partial charge in [0.15, 0.2) is 0 Å². The lowest BCUT2D eigenvalue weighted by atomic mass is 9.34. The van der Waals surface area contributed by atoms with E-state index in [4.69, 9.17) is 4.98 Å². The topological polar surface area (TPSA) is 12.9 Å². The molecule has 0 N–H and O–H groups in total. The normalized spacial score (nSPS) is 11.7. The van der Waals surface area contributed by atoms with Crippen LogP contribution in [-0.4, -0.2) is 19.8 Å². The van der Waals surface area contributed by atoms with Crippen molar-refractivity contribution >= 4 is 36.4 Å². The molecule has 1 aromatic heterocycles. The Morgan fingerprint density at radius 1 is 0.700 bits per heavy atom. The molecule has 0 unspecified atom stereocenters. The molecule has 1 nitrogen and oxygen atoms in total. The van der Waals surface area contributed by atoms with E-state index in [9.17, 15) is 0 Å². The molecule has 4 aromatic rings. The number of hydrogen-bond donors (Lipinski definition) is 0. The van der Waals surface area contributed by atoms with Crippen LogP contribution in [0.2, 0.25) is 19.6 Å². The van der Waals surface area contributed by atoms with E-state index in [1.807, 2.05) is 0 Å². The highest BCUT2D eigenvalue weighted by Crippen LogP contribution is 2.21. The van der Waals surface area contributed by atoms with E-state index in [0.29, 0.717) is 0 Å². The van der Waals surface area contributed by atoms with Gasteiger partial charge in [0, 0.05) is 6.20 Å². The number of aryl methyl sites for hydroxylation is 7. The smallest absolute Gasteiger partial charge is 0.242 e. The van der Waals surface area contributed by atoms with E-state index in [1.54, 1.807) is 0 Å². The molecule has 3 aromatic carbocycles. The van der Waals surface area contributed by atoms with E-state index in [0.717, 1.165) is 12.1 Å². The van der Waals surface area contributed by atoms with Gasteiger partial charge >= 0.3 is 0 Å². The monoisotopic (exact) mass is 545 g/mol. The van der Waals surface area contributed by atoms with Crippen LogP contribution in [0.1, 0.15) is 65.1 Å². The average Bonchev–Trinajstić information content (AvgIpc) is 2.86. The van der Waals surface area contributed by atoms with E-state index in [2.05, 4.69) is 129 Å². The van der Waals surface area contributed by atoms with Crippen molar-refractivity contribution < 1.29 is 0 Å². The van der Waals surface area contributed by atoms with Gasteiger partial charge in [0.2, 0.25) is 6.71 Å². The molecule has 0 fully saturated rings. The maximum Gasteiger partial charge on any atom is 0.242 e. The summed E-state index contributed by atoms with van der Waals surface area (Å²) in [5.41, 5.74) is 16.1. The molecule has 0 atom stereocenters. The van der Waals surface area contributed by atoms with Crippen LogP contribution in [0, 0.1) is 41.5 Å². The predicted molar refractivity (Wildman–Crippen MR) is 182 cm³/mol. The van der Waals surface area contributed by atoms with Crippen LogP contribution in [0.25, 0.3) is 11.3 Å². The van der Waals surface area contributed by atoms with Crippen molar-refractivity contribution in [1.82, 2.24) is 4.98 Å². The third kappa shape index (κ3) is 6.52. The average molecular weight is 546 g/mol. The fourth-order valence-electron chi connectivity index (χ4n) is 6.75. The molecule has 3 heteroatoms. The summed E-state index contributed by atoms with van der Waals surface area (Å²) in [5, 5.41) is 1.51. The van der Waals surface area contributed by atoms with Crippen molar-refractivity contribution in [3.63, 3.8) is 0 Å². The van der Waals surface area contributed by atoms with Crippen LogP contribution in [0.3, 0.4) is 0 Å². The number of aromatic nitrogens is 1. The third-order valence-corrected chi connectivity index (χ3v) is 10.5. The lowest BCUT2D eigenvalue weighted by Gasteiger charge is -2.25. The van der Waals surface area contributed by atoms with Gasteiger partial charge in [-0.05, 0) is 76.8 Å². The maximum atomic E-state index is 5.08. The summed E-state index contributed by atoms with van der Waals surface area (Å²) in [6, 6.07) is 21.0.